The van der Waals surface area contributed by atoms with Crippen molar-refractivity contribution in [3.05, 3.63) is 108 Å². The standard InChI is InChI=1S/C37H42Cl3N5O6Si/c1-22-17-19-25(20-18-22)31(46)51-30-23(2)45-33(43-32(47)37(38,39)40)42-28(29-35(45,36(30,48)49)44-24(3)41-29)21-50-52(34(4,5)6,26-13-9-7-10-14-26)27-15-11-8-12-16-27/h7-20,23,28-30,41,44,48-49H,3,21H2,1-2,4-6H3,(H,42,43,47)/t23-,28-,29-,30?,35?/m0/s1. The van der Waals surface area contributed by atoms with E-state index >= 15 is 0 Å². The second kappa shape index (κ2) is 13.7. The summed E-state index contributed by atoms with van der Waals surface area (Å²) in [6.45, 7) is 13.9. The minimum Gasteiger partial charge on any atom is -0.451 e. The zero-order chi connectivity index (χ0) is 37.9. The van der Waals surface area contributed by atoms with Crippen molar-refractivity contribution in [2.45, 2.75) is 79.1 Å². The Morgan fingerprint density at radius 3 is 2.06 bits per heavy atom. The molecule has 0 bridgehead atoms. The fourth-order valence-corrected chi connectivity index (χ4v) is 12.5. The van der Waals surface area contributed by atoms with E-state index in [0.717, 1.165) is 15.9 Å². The van der Waals surface area contributed by atoms with E-state index in [2.05, 4.69) is 67.6 Å². The number of hydrogen-bond acceptors (Lipinski definition) is 10. The van der Waals surface area contributed by atoms with E-state index in [9.17, 15) is 19.8 Å². The molecule has 0 saturated carbocycles. The highest BCUT2D eigenvalue weighted by Gasteiger charge is 2.77. The number of alkyl halides is 3. The van der Waals surface area contributed by atoms with Gasteiger partial charge in [-0.15, -0.1) is 0 Å². The maximum Gasteiger partial charge on any atom is 0.338 e. The van der Waals surface area contributed by atoms with Gasteiger partial charge in [-0.1, -0.05) is 141 Å². The van der Waals surface area contributed by atoms with E-state index in [1.807, 2.05) is 43.3 Å². The van der Waals surface area contributed by atoms with Crippen molar-refractivity contribution in [1.29, 1.82) is 0 Å². The number of aryl methyl sites for hydroxylation is 1. The van der Waals surface area contributed by atoms with Crippen LogP contribution in [0, 0.1) is 6.92 Å². The predicted molar refractivity (Wildman–Crippen MR) is 204 cm³/mol. The fraction of sp³-hybridized carbons (Fsp3) is 0.378. The molecule has 11 nitrogen and oxygen atoms in total. The van der Waals surface area contributed by atoms with Gasteiger partial charge in [-0.2, -0.15) is 0 Å². The van der Waals surface area contributed by atoms with Gasteiger partial charge in [0.1, 0.15) is 6.04 Å². The SMILES string of the molecule is C=C1N[C@H]2[C@H](CO[Si](c3ccccc3)(c3ccccc3)C(C)(C)C)N=C(NC(=O)C(Cl)(Cl)Cl)N3[C@@H](C)C(OC(=O)c4ccc(C)cc4)C(O)(O)C23N1. The lowest BCUT2D eigenvalue weighted by atomic mass is 9.86. The van der Waals surface area contributed by atoms with Gasteiger partial charge in [-0.05, 0) is 41.4 Å². The van der Waals surface area contributed by atoms with Crippen LogP contribution >= 0.6 is 34.8 Å². The van der Waals surface area contributed by atoms with Crippen LogP contribution in [0.25, 0.3) is 0 Å². The van der Waals surface area contributed by atoms with Crippen LogP contribution in [0.5, 0.6) is 0 Å². The minimum absolute atomic E-state index is 0.0546. The first kappa shape index (κ1) is 38.1. The number of hydrogen-bond donors (Lipinski definition) is 5. The molecular weight excluding hydrogens is 745 g/mol. The quantitative estimate of drug-likeness (QED) is 0.105. The number of carbonyl (C=O) groups is 2. The van der Waals surface area contributed by atoms with E-state index < -0.39 is 64.7 Å². The Labute approximate surface area is 319 Å². The average Bonchev–Trinajstić information content (AvgIpc) is 3.52. The summed E-state index contributed by atoms with van der Waals surface area (Å²) in [6.07, 6.45) is -1.57. The second-order valence-electron chi connectivity index (χ2n) is 14.5. The first-order valence-electron chi connectivity index (χ1n) is 16.8. The number of amides is 1. The van der Waals surface area contributed by atoms with Gasteiger partial charge in [-0.3, -0.25) is 10.1 Å². The highest BCUT2D eigenvalue weighted by molar-refractivity contribution is 6.99. The molecule has 0 aliphatic carbocycles. The van der Waals surface area contributed by atoms with E-state index in [1.165, 1.54) is 4.90 Å². The van der Waals surface area contributed by atoms with Gasteiger partial charge in [0.25, 0.3) is 18.0 Å². The molecule has 3 aliphatic heterocycles. The molecule has 0 aromatic heterocycles. The van der Waals surface area contributed by atoms with Crippen LogP contribution in [-0.4, -0.2) is 87.3 Å². The van der Waals surface area contributed by atoms with Gasteiger partial charge in [-0.25, -0.2) is 9.79 Å². The molecule has 276 valence electrons. The third-order valence-corrected chi connectivity index (χ3v) is 15.6. The molecular formula is C37H42Cl3N5O6Si. The van der Waals surface area contributed by atoms with Crippen molar-refractivity contribution >= 4 is 71.3 Å². The van der Waals surface area contributed by atoms with Gasteiger partial charge in [0.15, 0.2) is 11.8 Å². The highest BCUT2D eigenvalue weighted by atomic mass is 35.6. The lowest BCUT2D eigenvalue weighted by Gasteiger charge is -2.51. The summed E-state index contributed by atoms with van der Waals surface area (Å²) in [5, 5.41) is 35.2. The van der Waals surface area contributed by atoms with Crippen LogP contribution in [0.4, 0.5) is 0 Å². The van der Waals surface area contributed by atoms with Crippen LogP contribution < -0.4 is 26.3 Å². The zero-order valence-corrected chi connectivity index (χ0v) is 32.6. The third kappa shape index (κ3) is 6.27. The van der Waals surface area contributed by atoms with Crippen molar-refractivity contribution in [2.75, 3.05) is 6.61 Å². The molecule has 2 saturated heterocycles. The van der Waals surface area contributed by atoms with E-state index in [0.29, 0.717) is 0 Å². The van der Waals surface area contributed by atoms with E-state index in [4.69, 9.17) is 49.0 Å². The third-order valence-electron chi connectivity index (χ3n) is 10.1. The number of benzene rings is 3. The number of esters is 1. The van der Waals surface area contributed by atoms with Crippen LogP contribution in [-0.2, 0) is 14.0 Å². The predicted octanol–water partition coefficient (Wildman–Crippen LogP) is 3.44. The number of aliphatic imine (C=N–C) groups is 1. The first-order valence-corrected chi connectivity index (χ1v) is 19.8. The minimum atomic E-state index is -3.14. The number of nitrogens with one attached hydrogen (secondary N) is 3. The number of carbonyl (C=O) groups excluding carboxylic acids is 2. The number of nitrogens with zero attached hydrogens (tertiary/aromatic N) is 2. The zero-order valence-electron chi connectivity index (χ0n) is 29.4. The van der Waals surface area contributed by atoms with E-state index in [-0.39, 0.29) is 24.0 Å². The van der Waals surface area contributed by atoms with E-state index in [1.54, 1.807) is 31.2 Å². The fourth-order valence-electron chi connectivity index (χ4n) is 7.81. The number of aliphatic hydroxyl groups is 2. The molecule has 52 heavy (non-hydrogen) atoms. The summed E-state index contributed by atoms with van der Waals surface area (Å²) in [7, 11) is -3.14. The molecule has 15 heteroatoms. The Hall–Kier alpha value is -3.62. The van der Waals surface area contributed by atoms with Crippen molar-refractivity contribution in [2.24, 2.45) is 4.99 Å². The monoisotopic (exact) mass is 785 g/mol. The van der Waals surface area contributed by atoms with Crippen molar-refractivity contribution in [3.63, 3.8) is 0 Å². The second-order valence-corrected chi connectivity index (χ2v) is 21.1. The van der Waals surface area contributed by atoms with Crippen molar-refractivity contribution in [1.82, 2.24) is 20.9 Å². The van der Waals surface area contributed by atoms with Gasteiger partial charge < -0.3 is 34.9 Å². The Morgan fingerprint density at radius 1 is 0.981 bits per heavy atom. The molecule has 1 amide bonds. The smallest absolute Gasteiger partial charge is 0.338 e. The largest absolute Gasteiger partial charge is 0.451 e. The summed E-state index contributed by atoms with van der Waals surface area (Å²) >= 11 is 18.0. The molecule has 3 heterocycles. The molecule has 2 unspecified atom stereocenters. The topological polar surface area (TPSA) is 145 Å². The van der Waals surface area contributed by atoms with Gasteiger partial charge in [0.05, 0.1) is 30.1 Å². The maximum atomic E-state index is 13.5. The lowest BCUT2D eigenvalue weighted by Crippen LogP contribution is -2.78. The maximum absolute atomic E-state index is 13.5. The normalized spacial score (nSPS) is 25.3. The summed E-state index contributed by atoms with van der Waals surface area (Å²) in [6, 6.07) is 23.8. The number of guanidine groups is 1. The molecule has 3 aromatic carbocycles. The number of ether oxygens (including phenoxy) is 1. The molecule has 3 aliphatic rings. The molecule has 2 fully saturated rings. The average molecular weight is 787 g/mol. The van der Waals surface area contributed by atoms with Gasteiger partial charge >= 0.3 is 5.97 Å². The van der Waals surface area contributed by atoms with Crippen LogP contribution in [0.3, 0.4) is 0 Å². The highest BCUT2D eigenvalue weighted by Crippen LogP contribution is 2.49. The van der Waals surface area contributed by atoms with Crippen molar-refractivity contribution < 1.29 is 29.0 Å². The van der Waals surface area contributed by atoms with Crippen LogP contribution in [0.2, 0.25) is 5.04 Å². The Kier molecular flexibility index (Phi) is 10.0. The molecule has 5 atom stereocenters. The van der Waals surface area contributed by atoms with Gasteiger partial charge in [0, 0.05) is 0 Å². The van der Waals surface area contributed by atoms with Gasteiger partial charge in [0.2, 0.25) is 11.7 Å². The molecule has 6 rings (SSSR count). The first-order chi connectivity index (χ1) is 24.3. The molecule has 1 spiro atoms. The Morgan fingerprint density at radius 2 is 1.54 bits per heavy atom. The molecule has 3 aromatic rings. The Bertz CT molecular complexity index is 1830. The Balaban J connectivity index is 1.46. The number of halogens is 3. The van der Waals surface area contributed by atoms with Crippen molar-refractivity contribution in [3.8, 4) is 0 Å². The summed E-state index contributed by atoms with van der Waals surface area (Å²) in [4.78, 5) is 33.1. The van der Waals surface area contributed by atoms with Crippen LogP contribution in [0.1, 0.15) is 43.6 Å². The van der Waals surface area contributed by atoms with Crippen LogP contribution in [0.15, 0.2) is 102 Å². The summed E-state index contributed by atoms with van der Waals surface area (Å²) in [5.41, 5.74) is -0.775. The number of rotatable bonds is 7. The summed E-state index contributed by atoms with van der Waals surface area (Å²) < 4.78 is 10.7. The molecule has 0 radical (unpaired) electrons. The lowest BCUT2D eigenvalue weighted by molar-refractivity contribution is -0.258. The summed E-state index contributed by atoms with van der Waals surface area (Å²) in [5.74, 6) is -4.54. The molecule has 5 N–H and O–H groups in total.